The Morgan fingerprint density at radius 3 is 2.61 bits per heavy atom. The van der Waals surface area contributed by atoms with Crippen LogP contribution in [0.5, 0.6) is 0 Å². The molecular formula is C17H22ClN3O2. The molecule has 2 aliphatic rings. The number of carbonyl (C=O) groups excluding carboxylic acids is 2. The molecule has 3 rings (SSSR count). The molecule has 124 valence electrons. The van der Waals surface area contributed by atoms with E-state index in [2.05, 4.69) is 16.8 Å². The monoisotopic (exact) mass is 335 g/mol. The van der Waals surface area contributed by atoms with E-state index in [0.29, 0.717) is 23.7 Å². The summed E-state index contributed by atoms with van der Waals surface area (Å²) in [4.78, 5) is 32.6. The zero-order valence-electron chi connectivity index (χ0n) is 13.4. The van der Waals surface area contributed by atoms with E-state index in [-0.39, 0.29) is 16.6 Å². The number of piperidine rings is 1. The molecule has 1 unspecified atom stereocenters. The first-order valence-corrected chi connectivity index (χ1v) is 8.71. The van der Waals surface area contributed by atoms with Crippen LogP contribution in [0.3, 0.4) is 0 Å². The Morgan fingerprint density at radius 1 is 1.26 bits per heavy atom. The number of rotatable bonds is 3. The summed E-state index contributed by atoms with van der Waals surface area (Å²) in [5.74, 6) is 0.593. The summed E-state index contributed by atoms with van der Waals surface area (Å²) in [5, 5.41) is 0.122. The third kappa shape index (κ3) is 3.20. The summed E-state index contributed by atoms with van der Waals surface area (Å²) >= 11 is 6.20. The number of nitrogens with zero attached hydrogens (tertiary/aromatic N) is 3. The van der Waals surface area contributed by atoms with Crippen LogP contribution in [0.1, 0.15) is 59.7 Å². The summed E-state index contributed by atoms with van der Waals surface area (Å²) in [6.07, 6.45) is 6.02. The van der Waals surface area contributed by atoms with E-state index in [0.717, 1.165) is 51.7 Å². The van der Waals surface area contributed by atoms with Crippen molar-refractivity contribution in [1.82, 2.24) is 9.88 Å². The summed E-state index contributed by atoms with van der Waals surface area (Å²) in [6, 6.07) is 2.12. The maximum atomic E-state index is 12.8. The van der Waals surface area contributed by atoms with Gasteiger partial charge in [-0.2, -0.15) is 0 Å². The second-order valence-electron chi connectivity index (χ2n) is 6.39. The topological polar surface area (TPSA) is 53.5 Å². The van der Waals surface area contributed by atoms with Crippen LogP contribution in [-0.2, 0) is 0 Å². The first-order chi connectivity index (χ1) is 11.1. The van der Waals surface area contributed by atoms with E-state index in [1.807, 2.05) is 4.90 Å². The van der Waals surface area contributed by atoms with Crippen molar-refractivity contribution >= 4 is 29.6 Å². The zero-order chi connectivity index (χ0) is 16.4. The summed E-state index contributed by atoms with van der Waals surface area (Å²) in [5.41, 5.74) is 0.592. The van der Waals surface area contributed by atoms with Gasteiger partial charge in [0.1, 0.15) is 11.0 Å². The lowest BCUT2D eigenvalue weighted by Crippen LogP contribution is -2.36. The van der Waals surface area contributed by atoms with Crippen molar-refractivity contribution in [2.45, 2.75) is 45.1 Å². The van der Waals surface area contributed by atoms with Gasteiger partial charge in [0.25, 0.3) is 5.91 Å². The number of amides is 1. The van der Waals surface area contributed by atoms with Crippen molar-refractivity contribution in [2.24, 2.45) is 0 Å². The zero-order valence-corrected chi connectivity index (χ0v) is 14.2. The van der Waals surface area contributed by atoms with Gasteiger partial charge in [-0.15, -0.1) is 0 Å². The van der Waals surface area contributed by atoms with Crippen molar-refractivity contribution in [3.8, 4) is 0 Å². The Labute approximate surface area is 141 Å². The van der Waals surface area contributed by atoms with Crippen LogP contribution in [0.15, 0.2) is 6.07 Å². The molecule has 0 radical (unpaired) electrons. The quantitative estimate of drug-likeness (QED) is 0.629. The number of pyridine rings is 1. The molecule has 3 heterocycles. The van der Waals surface area contributed by atoms with Gasteiger partial charge < -0.3 is 9.80 Å². The molecule has 2 saturated heterocycles. The molecular weight excluding hydrogens is 314 g/mol. The summed E-state index contributed by atoms with van der Waals surface area (Å²) in [7, 11) is 0. The molecule has 0 aromatic carbocycles. The second-order valence-corrected chi connectivity index (χ2v) is 6.75. The Morgan fingerprint density at radius 2 is 2.00 bits per heavy atom. The third-order valence-corrected chi connectivity index (χ3v) is 5.13. The van der Waals surface area contributed by atoms with E-state index < -0.39 is 0 Å². The number of carbonyl (C=O) groups is 2. The fourth-order valence-electron chi connectivity index (χ4n) is 3.49. The average molecular weight is 336 g/mol. The molecule has 0 bridgehead atoms. The molecule has 2 aliphatic heterocycles. The molecule has 0 spiro atoms. The van der Waals surface area contributed by atoms with E-state index in [9.17, 15) is 9.59 Å². The fraction of sp³-hybridized carbons (Fsp3) is 0.588. The number of likely N-dealkylation sites (tertiary alicyclic amines) is 1. The maximum Gasteiger partial charge on any atom is 0.254 e. The highest BCUT2D eigenvalue weighted by atomic mass is 35.5. The minimum absolute atomic E-state index is 0.107. The Hall–Kier alpha value is -1.62. The SMILES string of the molecule is CC1CCCN1c1cc(C(=O)N2CCCCC2)c(C=O)c(Cl)n1. The molecule has 0 N–H and O–H groups in total. The predicted molar refractivity (Wildman–Crippen MR) is 90.4 cm³/mol. The van der Waals surface area contributed by atoms with Crippen molar-refractivity contribution in [3.63, 3.8) is 0 Å². The number of hydrogen-bond donors (Lipinski definition) is 0. The van der Waals surface area contributed by atoms with Crippen LogP contribution in [0.4, 0.5) is 5.82 Å². The van der Waals surface area contributed by atoms with Crippen LogP contribution in [-0.4, -0.2) is 47.8 Å². The van der Waals surface area contributed by atoms with Gasteiger partial charge in [-0.3, -0.25) is 9.59 Å². The largest absolute Gasteiger partial charge is 0.354 e. The highest BCUT2D eigenvalue weighted by molar-refractivity contribution is 6.32. The normalized spacial score (nSPS) is 21.6. The van der Waals surface area contributed by atoms with Crippen molar-refractivity contribution in [2.75, 3.05) is 24.5 Å². The van der Waals surface area contributed by atoms with E-state index in [4.69, 9.17) is 11.6 Å². The third-order valence-electron chi connectivity index (χ3n) is 4.84. The van der Waals surface area contributed by atoms with Gasteiger partial charge in [-0.1, -0.05) is 11.6 Å². The molecule has 0 aliphatic carbocycles. The lowest BCUT2D eigenvalue weighted by Gasteiger charge is -2.28. The minimum atomic E-state index is -0.107. The maximum absolute atomic E-state index is 12.8. The molecule has 1 atom stereocenters. The number of halogens is 1. The van der Waals surface area contributed by atoms with Gasteiger partial charge in [-0.25, -0.2) is 4.98 Å². The molecule has 6 heteroatoms. The number of aromatic nitrogens is 1. The van der Waals surface area contributed by atoms with E-state index in [1.54, 1.807) is 6.07 Å². The van der Waals surface area contributed by atoms with Gasteiger partial charge in [0.2, 0.25) is 0 Å². The van der Waals surface area contributed by atoms with Crippen LogP contribution in [0, 0.1) is 0 Å². The first kappa shape index (κ1) is 16.2. The lowest BCUT2D eigenvalue weighted by molar-refractivity contribution is 0.0721. The molecule has 2 fully saturated rings. The summed E-state index contributed by atoms with van der Waals surface area (Å²) < 4.78 is 0. The Balaban J connectivity index is 1.97. The fourth-order valence-corrected chi connectivity index (χ4v) is 3.72. The molecule has 1 aromatic heterocycles. The van der Waals surface area contributed by atoms with Crippen LogP contribution < -0.4 is 4.90 Å². The van der Waals surface area contributed by atoms with E-state index >= 15 is 0 Å². The Kier molecular flexibility index (Phi) is 4.85. The number of anilines is 1. The molecule has 1 amide bonds. The van der Waals surface area contributed by atoms with Crippen LogP contribution in [0.2, 0.25) is 5.15 Å². The minimum Gasteiger partial charge on any atom is -0.354 e. The lowest BCUT2D eigenvalue weighted by atomic mass is 10.1. The highest BCUT2D eigenvalue weighted by Crippen LogP contribution is 2.29. The van der Waals surface area contributed by atoms with Crippen molar-refractivity contribution < 1.29 is 9.59 Å². The highest BCUT2D eigenvalue weighted by Gasteiger charge is 2.27. The van der Waals surface area contributed by atoms with Gasteiger partial charge in [0.15, 0.2) is 6.29 Å². The van der Waals surface area contributed by atoms with Crippen molar-refractivity contribution in [3.05, 3.63) is 22.3 Å². The van der Waals surface area contributed by atoms with Gasteiger partial charge >= 0.3 is 0 Å². The van der Waals surface area contributed by atoms with Crippen LogP contribution >= 0.6 is 11.6 Å². The van der Waals surface area contributed by atoms with Crippen LogP contribution in [0.25, 0.3) is 0 Å². The van der Waals surface area contributed by atoms with E-state index in [1.165, 1.54) is 0 Å². The molecule has 1 aromatic rings. The van der Waals surface area contributed by atoms with Gasteiger partial charge in [-0.05, 0) is 45.1 Å². The number of aldehydes is 1. The molecule has 23 heavy (non-hydrogen) atoms. The standard InChI is InChI=1S/C17H22ClN3O2/c1-12-6-5-9-21(12)15-10-13(14(11-22)16(18)19-15)17(23)20-7-3-2-4-8-20/h10-12H,2-9H2,1H3. The van der Waals surface area contributed by atoms with Gasteiger partial charge in [0.05, 0.1) is 11.1 Å². The molecule has 0 saturated carbocycles. The van der Waals surface area contributed by atoms with Gasteiger partial charge in [0, 0.05) is 25.7 Å². The predicted octanol–water partition coefficient (Wildman–Crippen LogP) is 3.16. The molecule has 5 nitrogen and oxygen atoms in total. The Bertz CT molecular complexity index is 614. The first-order valence-electron chi connectivity index (χ1n) is 8.33. The second kappa shape index (κ2) is 6.87. The van der Waals surface area contributed by atoms with Crippen molar-refractivity contribution in [1.29, 1.82) is 0 Å². The smallest absolute Gasteiger partial charge is 0.254 e. The number of hydrogen-bond acceptors (Lipinski definition) is 4. The summed E-state index contributed by atoms with van der Waals surface area (Å²) in [6.45, 7) is 4.53. The average Bonchev–Trinajstić information content (AvgIpc) is 3.00.